The number of nitrogens with one attached hydrogen (secondary N) is 1. The third-order valence-corrected chi connectivity index (χ3v) is 3.69. The first-order valence-electron chi connectivity index (χ1n) is 7.12. The molecule has 3 aromatic rings. The average molecular weight is 323 g/mol. The van der Waals surface area contributed by atoms with E-state index in [1.165, 1.54) is 30.5 Å². The molecule has 1 amide bonds. The van der Waals surface area contributed by atoms with Gasteiger partial charge in [0, 0.05) is 24.7 Å². The third kappa shape index (κ3) is 2.63. The minimum absolute atomic E-state index is 0.0688. The maximum absolute atomic E-state index is 12.5. The summed E-state index contributed by atoms with van der Waals surface area (Å²) in [5.74, 6) is -0.699. The smallest absolute Gasteiger partial charge is 0.282 e. The lowest BCUT2D eigenvalue weighted by molar-refractivity contribution is -0.385. The molecule has 2 aromatic carbocycles. The number of fused-ring (bicyclic) bond motifs is 1. The summed E-state index contributed by atoms with van der Waals surface area (Å²) in [6, 6.07) is 12.6. The van der Waals surface area contributed by atoms with Crippen LogP contribution in [-0.4, -0.2) is 15.4 Å². The summed E-state index contributed by atoms with van der Waals surface area (Å²) < 4.78 is 1.71. The van der Waals surface area contributed by atoms with Crippen molar-refractivity contribution in [3.8, 4) is 0 Å². The van der Waals surface area contributed by atoms with Crippen LogP contribution in [0.15, 0.2) is 59.5 Å². The molecular weight excluding hydrogens is 310 g/mol. The number of carbonyl (C=O) groups excluding carboxylic acids is 1. The van der Waals surface area contributed by atoms with Crippen LogP contribution in [0.4, 0.5) is 11.4 Å². The number of benzene rings is 2. The van der Waals surface area contributed by atoms with Crippen LogP contribution in [0.1, 0.15) is 10.4 Å². The number of aryl methyl sites for hydroxylation is 1. The molecule has 0 aliphatic carbocycles. The molecule has 0 bridgehead atoms. The summed E-state index contributed by atoms with van der Waals surface area (Å²) in [4.78, 5) is 35.3. The number of amides is 1. The van der Waals surface area contributed by atoms with E-state index in [4.69, 9.17) is 0 Å². The second kappa shape index (κ2) is 5.96. The Hall–Kier alpha value is -3.48. The number of nitrogens with zero attached hydrogens (tertiary/aromatic N) is 2. The zero-order valence-corrected chi connectivity index (χ0v) is 12.7. The highest BCUT2D eigenvalue weighted by Gasteiger charge is 2.20. The first-order valence-corrected chi connectivity index (χ1v) is 7.12. The van der Waals surface area contributed by atoms with Gasteiger partial charge < -0.3 is 9.88 Å². The summed E-state index contributed by atoms with van der Waals surface area (Å²) in [7, 11) is 1.75. The van der Waals surface area contributed by atoms with Gasteiger partial charge in [0.15, 0.2) is 0 Å². The Labute approximate surface area is 136 Å². The van der Waals surface area contributed by atoms with Crippen molar-refractivity contribution in [1.29, 1.82) is 0 Å². The minimum Gasteiger partial charge on any atom is -0.348 e. The van der Waals surface area contributed by atoms with Gasteiger partial charge in [-0.2, -0.15) is 0 Å². The zero-order valence-electron chi connectivity index (χ0n) is 12.7. The lowest BCUT2D eigenvalue weighted by Crippen LogP contribution is -2.20. The second-order valence-corrected chi connectivity index (χ2v) is 5.23. The quantitative estimate of drug-likeness (QED) is 0.592. The van der Waals surface area contributed by atoms with Crippen LogP contribution < -0.4 is 10.7 Å². The number of aromatic nitrogens is 1. The van der Waals surface area contributed by atoms with Gasteiger partial charge in [0.2, 0.25) is 5.43 Å². The number of hydrogen-bond acceptors (Lipinski definition) is 4. The predicted molar refractivity (Wildman–Crippen MR) is 90.2 cm³/mol. The van der Waals surface area contributed by atoms with Crippen LogP contribution in [0.25, 0.3) is 10.9 Å². The van der Waals surface area contributed by atoms with Crippen molar-refractivity contribution in [2.45, 2.75) is 0 Å². The molecule has 3 rings (SSSR count). The van der Waals surface area contributed by atoms with Gasteiger partial charge in [0.25, 0.3) is 11.6 Å². The highest BCUT2D eigenvalue weighted by atomic mass is 16.6. The summed E-state index contributed by atoms with van der Waals surface area (Å²) in [6.45, 7) is 0. The van der Waals surface area contributed by atoms with Crippen LogP contribution in [0.5, 0.6) is 0 Å². The molecule has 0 aliphatic rings. The molecule has 0 spiro atoms. The number of nitro benzene ring substituents is 1. The lowest BCUT2D eigenvalue weighted by Gasteiger charge is -2.10. The first-order chi connectivity index (χ1) is 11.5. The SMILES string of the molecule is Cn1cc(NC(=O)c2ccccc2[N+](=O)[O-])c(=O)c2ccccc21. The highest BCUT2D eigenvalue weighted by Crippen LogP contribution is 2.19. The van der Waals surface area contributed by atoms with Crippen LogP contribution in [0, 0.1) is 10.1 Å². The van der Waals surface area contributed by atoms with Crippen molar-refractivity contribution in [3.63, 3.8) is 0 Å². The molecule has 1 aromatic heterocycles. The zero-order chi connectivity index (χ0) is 17.3. The molecule has 0 saturated carbocycles. The monoisotopic (exact) mass is 323 g/mol. The Morgan fingerprint density at radius 2 is 1.79 bits per heavy atom. The summed E-state index contributed by atoms with van der Waals surface area (Å²) >= 11 is 0. The molecule has 0 saturated heterocycles. The molecule has 7 heteroatoms. The van der Waals surface area contributed by atoms with Gasteiger partial charge in [-0.1, -0.05) is 24.3 Å². The Morgan fingerprint density at radius 3 is 2.54 bits per heavy atom. The molecule has 0 fully saturated rings. The number of hydrogen-bond donors (Lipinski definition) is 1. The third-order valence-electron chi connectivity index (χ3n) is 3.69. The normalized spacial score (nSPS) is 10.5. The topological polar surface area (TPSA) is 94.2 Å². The second-order valence-electron chi connectivity index (χ2n) is 5.23. The molecule has 1 N–H and O–H groups in total. The van der Waals surface area contributed by atoms with Crippen molar-refractivity contribution in [2.24, 2.45) is 7.05 Å². The Balaban J connectivity index is 2.05. The molecule has 120 valence electrons. The van der Waals surface area contributed by atoms with Crippen LogP contribution in [-0.2, 0) is 7.05 Å². The molecule has 0 atom stereocenters. The predicted octanol–water partition coefficient (Wildman–Crippen LogP) is 2.70. The average Bonchev–Trinajstić information content (AvgIpc) is 2.59. The maximum atomic E-state index is 12.5. The number of anilines is 1. The molecule has 0 unspecified atom stereocenters. The van der Waals surface area contributed by atoms with E-state index < -0.39 is 10.8 Å². The van der Waals surface area contributed by atoms with Gasteiger partial charge in [-0.15, -0.1) is 0 Å². The van der Waals surface area contributed by atoms with E-state index in [-0.39, 0.29) is 22.4 Å². The van der Waals surface area contributed by atoms with E-state index in [1.807, 2.05) is 6.07 Å². The van der Waals surface area contributed by atoms with Crippen LogP contribution in [0.3, 0.4) is 0 Å². The van der Waals surface area contributed by atoms with Gasteiger partial charge in [-0.3, -0.25) is 19.7 Å². The van der Waals surface area contributed by atoms with Gasteiger partial charge in [0.05, 0.1) is 10.4 Å². The molecule has 7 nitrogen and oxygen atoms in total. The van der Waals surface area contributed by atoms with E-state index in [9.17, 15) is 19.7 Å². The Bertz CT molecular complexity index is 1020. The molecular formula is C17H13N3O4. The summed E-state index contributed by atoms with van der Waals surface area (Å²) in [5.41, 5.74) is 0.0477. The van der Waals surface area contributed by atoms with Gasteiger partial charge in [-0.25, -0.2) is 0 Å². The van der Waals surface area contributed by atoms with Crippen molar-refractivity contribution in [2.75, 3.05) is 5.32 Å². The lowest BCUT2D eigenvalue weighted by atomic mass is 10.1. The van der Waals surface area contributed by atoms with E-state index >= 15 is 0 Å². The van der Waals surface area contributed by atoms with Gasteiger partial charge in [-0.05, 0) is 18.2 Å². The molecule has 0 radical (unpaired) electrons. The van der Waals surface area contributed by atoms with E-state index in [2.05, 4.69) is 5.32 Å². The number of carbonyl (C=O) groups is 1. The van der Waals surface area contributed by atoms with Crippen LogP contribution in [0.2, 0.25) is 0 Å². The maximum Gasteiger partial charge on any atom is 0.282 e. The van der Waals surface area contributed by atoms with Crippen LogP contribution >= 0.6 is 0 Å². The fraction of sp³-hybridized carbons (Fsp3) is 0.0588. The van der Waals surface area contributed by atoms with E-state index in [0.717, 1.165) is 5.52 Å². The summed E-state index contributed by atoms with van der Waals surface area (Å²) in [6.07, 6.45) is 1.50. The van der Waals surface area contributed by atoms with Crippen molar-refractivity contribution >= 4 is 28.2 Å². The summed E-state index contributed by atoms with van der Waals surface area (Å²) in [5, 5.41) is 14.0. The first kappa shape index (κ1) is 15.4. The fourth-order valence-corrected chi connectivity index (χ4v) is 2.54. The van der Waals surface area contributed by atoms with Crippen molar-refractivity contribution < 1.29 is 9.72 Å². The number of nitro groups is 1. The minimum atomic E-state index is -0.699. The fourth-order valence-electron chi connectivity index (χ4n) is 2.54. The van der Waals surface area contributed by atoms with Gasteiger partial charge in [0.1, 0.15) is 11.3 Å². The van der Waals surface area contributed by atoms with Crippen molar-refractivity contribution in [3.05, 3.63) is 80.6 Å². The molecule has 24 heavy (non-hydrogen) atoms. The Morgan fingerprint density at radius 1 is 1.12 bits per heavy atom. The number of pyridine rings is 1. The number of rotatable bonds is 3. The van der Waals surface area contributed by atoms with Crippen molar-refractivity contribution in [1.82, 2.24) is 4.57 Å². The standard InChI is InChI=1S/C17H13N3O4/c1-19-10-13(16(21)11-6-2-4-8-14(11)19)18-17(22)12-7-3-5-9-15(12)20(23)24/h2-10H,1H3,(H,18,22). The van der Waals surface area contributed by atoms with E-state index in [1.54, 1.807) is 29.8 Å². The van der Waals surface area contributed by atoms with E-state index in [0.29, 0.717) is 5.39 Å². The molecule has 1 heterocycles. The Kier molecular flexibility index (Phi) is 3.83. The molecule has 0 aliphatic heterocycles. The van der Waals surface area contributed by atoms with Gasteiger partial charge >= 0.3 is 0 Å². The highest BCUT2D eigenvalue weighted by molar-refractivity contribution is 6.07. The number of para-hydroxylation sites is 2. The largest absolute Gasteiger partial charge is 0.348 e.